The molecular weight excluding hydrogens is 306 g/mol. The minimum atomic E-state index is -0.686. The molecule has 0 aliphatic carbocycles. The number of ketones is 2. The molecule has 5 nitrogen and oxygen atoms in total. The van der Waals surface area contributed by atoms with E-state index in [1.54, 1.807) is 12.4 Å². The van der Waals surface area contributed by atoms with Gasteiger partial charge in [0.05, 0.1) is 5.92 Å². The van der Waals surface area contributed by atoms with Crippen LogP contribution < -0.4 is 0 Å². The Morgan fingerprint density at radius 3 is 1.92 bits per heavy atom. The van der Waals surface area contributed by atoms with Gasteiger partial charge in [0.15, 0.2) is 17.9 Å². The highest BCUT2D eigenvalue weighted by molar-refractivity contribution is 6.00. The molecule has 1 aromatic carbocycles. The monoisotopic (exact) mass is 329 g/mol. The Morgan fingerprint density at radius 1 is 1.00 bits per heavy atom. The highest BCUT2D eigenvalue weighted by Gasteiger charge is 2.36. The summed E-state index contributed by atoms with van der Waals surface area (Å²) in [4.78, 5) is 26.2. The number of carbonyl (C=O) groups is 2. The van der Waals surface area contributed by atoms with Gasteiger partial charge in [-0.05, 0) is 19.4 Å². The maximum atomic E-state index is 12.2. The molecule has 0 radical (unpaired) electrons. The molecule has 0 saturated heterocycles. The molecule has 0 atom stereocenters. The number of hydrogen-bond donors (Lipinski definition) is 0. The molecule has 0 saturated carbocycles. The summed E-state index contributed by atoms with van der Waals surface area (Å²) in [6.07, 6.45) is 2.86. The lowest BCUT2D eigenvalue weighted by Gasteiger charge is -2.33. The fraction of sp³-hybridized carbons (Fsp3) is 0.368. The largest absolute Gasteiger partial charge is 0.355 e. The van der Waals surface area contributed by atoms with E-state index >= 15 is 0 Å². The number of benzene rings is 1. The van der Waals surface area contributed by atoms with Gasteiger partial charge in [-0.25, -0.2) is 0 Å². The fourth-order valence-electron chi connectivity index (χ4n) is 2.89. The number of rotatable bonds is 7. The molecule has 0 spiro atoms. The Hall–Kier alpha value is -2.24. The van der Waals surface area contributed by atoms with Crippen LogP contribution in [0.5, 0.6) is 0 Å². The van der Waals surface area contributed by atoms with Gasteiger partial charge in [0, 0.05) is 44.3 Å². The quantitative estimate of drug-likeness (QED) is 0.720. The van der Waals surface area contributed by atoms with E-state index in [-0.39, 0.29) is 11.6 Å². The summed E-state index contributed by atoms with van der Waals surface area (Å²) in [5.41, 5.74) is 2.10. The molecule has 128 valence electrons. The van der Waals surface area contributed by atoms with E-state index in [9.17, 15) is 9.59 Å². The zero-order valence-corrected chi connectivity index (χ0v) is 14.5. The van der Waals surface area contributed by atoms with E-state index in [0.717, 1.165) is 5.56 Å². The predicted molar refractivity (Wildman–Crippen MR) is 90.8 cm³/mol. The second-order valence-corrected chi connectivity index (χ2v) is 5.76. The first-order valence-corrected chi connectivity index (χ1v) is 7.78. The first kappa shape index (κ1) is 18.1. The Bertz CT molecular complexity index is 627. The molecule has 1 heterocycles. The van der Waals surface area contributed by atoms with E-state index in [4.69, 9.17) is 9.47 Å². The summed E-state index contributed by atoms with van der Waals surface area (Å²) in [6, 6.07) is 9.87. The van der Waals surface area contributed by atoms with Crippen molar-refractivity contribution in [2.75, 3.05) is 14.2 Å². The van der Waals surface area contributed by atoms with Gasteiger partial charge in [-0.2, -0.15) is 0 Å². The lowest BCUT2D eigenvalue weighted by Crippen LogP contribution is -2.36. The van der Waals surface area contributed by atoms with E-state index < -0.39 is 12.2 Å². The Kier molecular flexibility index (Phi) is 6.06. The smallest absolute Gasteiger partial charge is 0.167 e. The zero-order chi connectivity index (χ0) is 17.7. The maximum Gasteiger partial charge on any atom is 0.167 e. The molecule has 0 unspecified atom stereocenters. The van der Waals surface area contributed by atoms with Crippen molar-refractivity contribution < 1.29 is 19.1 Å². The molecular formula is C19H23NO4. The third-order valence-corrected chi connectivity index (χ3v) is 4.04. The number of Topliss-reactive ketones (excluding diaryl/α,β-unsaturated/α-hetero) is 2. The lowest BCUT2D eigenvalue weighted by atomic mass is 9.85. The first-order chi connectivity index (χ1) is 11.5. The van der Waals surface area contributed by atoms with Crippen molar-refractivity contribution >= 4 is 11.6 Å². The van der Waals surface area contributed by atoms with Crippen LogP contribution in [0.3, 0.4) is 0 Å². The third kappa shape index (κ3) is 3.99. The van der Waals surface area contributed by atoms with Crippen molar-refractivity contribution in [2.24, 2.45) is 5.92 Å². The number of ether oxygens (including phenoxy) is 2. The van der Waals surface area contributed by atoms with Crippen molar-refractivity contribution in [3.63, 3.8) is 0 Å². The highest BCUT2D eigenvalue weighted by atomic mass is 16.7. The minimum Gasteiger partial charge on any atom is -0.355 e. The zero-order valence-electron chi connectivity index (χ0n) is 14.5. The maximum absolute atomic E-state index is 12.2. The van der Waals surface area contributed by atoms with Crippen LogP contribution in [0.15, 0.2) is 53.9 Å². The highest BCUT2D eigenvalue weighted by Crippen LogP contribution is 2.32. The second-order valence-electron chi connectivity index (χ2n) is 5.76. The average Bonchev–Trinajstić information content (AvgIpc) is 2.57. The van der Waals surface area contributed by atoms with Gasteiger partial charge in [0.25, 0.3) is 0 Å². The van der Waals surface area contributed by atoms with Crippen LogP contribution in [0.25, 0.3) is 0 Å². The molecule has 0 N–H and O–H groups in total. The van der Waals surface area contributed by atoms with Crippen molar-refractivity contribution in [1.82, 2.24) is 4.90 Å². The van der Waals surface area contributed by atoms with Gasteiger partial charge in [0.1, 0.15) is 0 Å². The Morgan fingerprint density at radius 2 is 1.50 bits per heavy atom. The predicted octanol–water partition coefficient (Wildman–Crippen LogP) is 2.68. The van der Waals surface area contributed by atoms with Gasteiger partial charge in [-0.1, -0.05) is 30.3 Å². The van der Waals surface area contributed by atoms with Crippen LogP contribution in [0, 0.1) is 5.92 Å². The topological polar surface area (TPSA) is 55.8 Å². The van der Waals surface area contributed by atoms with Crippen LogP contribution in [0.2, 0.25) is 0 Å². The van der Waals surface area contributed by atoms with Crippen LogP contribution >= 0.6 is 0 Å². The summed E-state index contributed by atoms with van der Waals surface area (Å²) in [6.45, 7) is 3.56. The van der Waals surface area contributed by atoms with Crippen LogP contribution in [-0.4, -0.2) is 37.0 Å². The van der Waals surface area contributed by atoms with Crippen molar-refractivity contribution in [3.8, 4) is 0 Å². The fourth-order valence-corrected chi connectivity index (χ4v) is 2.89. The van der Waals surface area contributed by atoms with Crippen LogP contribution in [0.4, 0.5) is 0 Å². The third-order valence-electron chi connectivity index (χ3n) is 4.04. The SMILES string of the molecule is COC(OC)C1C(C(C)=O)=CN(Cc2ccccc2)C=C1C(C)=O. The van der Waals surface area contributed by atoms with E-state index in [1.165, 1.54) is 28.1 Å². The first-order valence-electron chi connectivity index (χ1n) is 7.78. The van der Waals surface area contributed by atoms with Gasteiger partial charge >= 0.3 is 0 Å². The van der Waals surface area contributed by atoms with Gasteiger partial charge in [-0.3, -0.25) is 9.59 Å². The molecule has 24 heavy (non-hydrogen) atoms. The standard InChI is InChI=1S/C19H23NO4/c1-13(21)16-11-20(10-15-8-6-5-7-9-15)12-17(14(2)22)18(16)19(23-3)24-4/h5-9,11-12,18-19H,10H2,1-4H3. The Balaban J connectivity index is 2.41. The van der Waals surface area contributed by atoms with Gasteiger partial charge in [0.2, 0.25) is 0 Å². The lowest BCUT2D eigenvalue weighted by molar-refractivity contribution is -0.133. The second kappa shape index (κ2) is 8.04. The van der Waals surface area contributed by atoms with E-state index in [0.29, 0.717) is 17.7 Å². The van der Waals surface area contributed by atoms with Crippen molar-refractivity contribution in [2.45, 2.75) is 26.7 Å². The summed E-state index contributed by atoms with van der Waals surface area (Å²) in [5, 5.41) is 0. The molecule has 0 bridgehead atoms. The van der Waals surface area contributed by atoms with Crippen LogP contribution in [-0.2, 0) is 25.6 Å². The molecule has 5 heteroatoms. The average molecular weight is 329 g/mol. The van der Waals surface area contributed by atoms with Crippen molar-refractivity contribution in [1.29, 1.82) is 0 Å². The van der Waals surface area contributed by atoms with Crippen molar-refractivity contribution in [3.05, 3.63) is 59.4 Å². The number of nitrogens with zero attached hydrogens (tertiary/aromatic N) is 1. The molecule has 1 aliphatic rings. The number of carbonyl (C=O) groups excluding carboxylic acids is 2. The van der Waals surface area contributed by atoms with E-state index in [1.807, 2.05) is 35.2 Å². The summed E-state index contributed by atoms with van der Waals surface area (Å²) in [5.74, 6) is -0.741. The molecule has 0 aromatic heterocycles. The van der Waals surface area contributed by atoms with Crippen LogP contribution in [0.1, 0.15) is 19.4 Å². The summed E-state index contributed by atoms with van der Waals surface area (Å²) < 4.78 is 10.7. The molecule has 2 rings (SSSR count). The normalized spacial score (nSPS) is 15.3. The molecule has 0 fully saturated rings. The number of methoxy groups -OCH3 is 2. The Labute approximate surface area is 142 Å². The molecule has 0 amide bonds. The molecule has 1 aliphatic heterocycles. The number of hydrogen-bond acceptors (Lipinski definition) is 5. The van der Waals surface area contributed by atoms with Gasteiger partial charge < -0.3 is 14.4 Å². The minimum absolute atomic E-state index is 0.107. The van der Waals surface area contributed by atoms with Gasteiger partial charge in [-0.15, -0.1) is 0 Å². The van der Waals surface area contributed by atoms with E-state index in [2.05, 4.69) is 0 Å². The molecule has 1 aromatic rings. The summed E-state index contributed by atoms with van der Waals surface area (Å²) in [7, 11) is 3.00. The summed E-state index contributed by atoms with van der Waals surface area (Å²) >= 11 is 0.